The van der Waals surface area contributed by atoms with E-state index in [2.05, 4.69) is 33.3 Å². The summed E-state index contributed by atoms with van der Waals surface area (Å²) in [6, 6.07) is 0. The molecule has 0 spiro atoms. The van der Waals surface area contributed by atoms with Crippen LogP contribution in [0, 0.1) is 32.6 Å². The van der Waals surface area contributed by atoms with Crippen molar-refractivity contribution < 1.29 is 26.6 Å². The fourth-order valence-electron chi connectivity index (χ4n) is 1.25. The number of rotatable bonds is 9. The van der Waals surface area contributed by atoms with E-state index in [0.717, 1.165) is 25.7 Å². The van der Waals surface area contributed by atoms with Crippen molar-refractivity contribution >= 4 is 5.97 Å². The summed E-state index contributed by atoms with van der Waals surface area (Å²) >= 11 is 0. The Morgan fingerprint density at radius 2 is 2.06 bits per heavy atom. The van der Waals surface area contributed by atoms with E-state index in [1.165, 1.54) is 0 Å². The summed E-state index contributed by atoms with van der Waals surface area (Å²) in [5, 5.41) is 0. The minimum atomic E-state index is -0.338. The Kier molecular flexibility index (Phi) is 13.1. The van der Waals surface area contributed by atoms with Gasteiger partial charge in [-0.3, -0.25) is 0 Å². The number of esters is 1. The van der Waals surface area contributed by atoms with Crippen LogP contribution in [0.1, 0.15) is 39.5 Å². The van der Waals surface area contributed by atoms with Crippen LogP contribution in [0.3, 0.4) is 0 Å². The molecule has 0 saturated carbocycles. The van der Waals surface area contributed by atoms with E-state index in [1.54, 1.807) is 6.92 Å². The standard InChI is InChI=1S/C15H24O2.Fe/c1-6-7-8-9-10-11-13(4)14(5)17-15(16)12(2)3;/h8,10,13-14H,1-2,4,6-7,9,11H2,3,5H3;/q-4;+4. The van der Waals surface area contributed by atoms with E-state index in [-0.39, 0.29) is 35.1 Å². The molecule has 104 valence electrons. The molecule has 0 amide bonds. The van der Waals surface area contributed by atoms with Crippen LogP contribution < -0.4 is 0 Å². The van der Waals surface area contributed by atoms with Gasteiger partial charge in [-0.2, -0.15) is 5.92 Å². The maximum absolute atomic E-state index is 11.3. The van der Waals surface area contributed by atoms with Crippen molar-refractivity contribution in [1.82, 2.24) is 0 Å². The molecule has 0 heterocycles. The zero-order valence-electron chi connectivity index (χ0n) is 11.4. The number of ether oxygens (including phenoxy) is 1. The zero-order valence-corrected chi connectivity index (χ0v) is 12.5. The molecule has 2 atom stereocenters. The van der Waals surface area contributed by atoms with Gasteiger partial charge in [0.15, 0.2) is 0 Å². The first-order valence-corrected chi connectivity index (χ1v) is 6.11. The molecule has 0 aromatic rings. The summed E-state index contributed by atoms with van der Waals surface area (Å²) in [5.74, 6) is -0.249. The summed E-state index contributed by atoms with van der Waals surface area (Å²) < 4.78 is 5.21. The quantitative estimate of drug-likeness (QED) is 0.213. The first-order valence-electron chi connectivity index (χ1n) is 6.11. The van der Waals surface area contributed by atoms with Gasteiger partial charge in [0.2, 0.25) is 0 Å². The van der Waals surface area contributed by atoms with Gasteiger partial charge in [-0.25, -0.2) is 24.1 Å². The van der Waals surface area contributed by atoms with Gasteiger partial charge in [-0.05, 0) is 13.8 Å². The zero-order chi connectivity index (χ0) is 13.3. The number of carbonyl (C=O) groups excluding carboxylic acids is 1. The molecular weight excluding hydrogens is 268 g/mol. The van der Waals surface area contributed by atoms with Gasteiger partial charge >= 0.3 is 23.0 Å². The van der Waals surface area contributed by atoms with Crippen LogP contribution in [0.4, 0.5) is 0 Å². The molecular formula is C15H24FeO2. The average Bonchev–Trinajstić information content (AvgIpc) is 2.28. The number of carbonyl (C=O) groups is 1. The fraction of sp³-hybridized carbons (Fsp3) is 0.533. The van der Waals surface area contributed by atoms with E-state index < -0.39 is 0 Å². The average molecular weight is 292 g/mol. The van der Waals surface area contributed by atoms with Gasteiger partial charge in [0, 0.05) is 5.57 Å². The van der Waals surface area contributed by atoms with Gasteiger partial charge < -0.3 is 37.8 Å². The van der Waals surface area contributed by atoms with Crippen molar-refractivity contribution in [3.05, 3.63) is 38.8 Å². The maximum atomic E-state index is 11.3. The van der Waals surface area contributed by atoms with Crippen molar-refractivity contribution in [2.75, 3.05) is 0 Å². The second-order valence-electron chi connectivity index (χ2n) is 4.34. The largest absolute Gasteiger partial charge is 4.00 e. The van der Waals surface area contributed by atoms with Crippen LogP contribution in [-0.2, 0) is 26.6 Å². The summed E-state index contributed by atoms with van der Waals surface area (Å²) in [7, 11) is 0. The molecule has 0 N–H and O–H groups in total. The molecule has 0 aromatic heterocycles. The molecule has 3 heteroatoms. The second-order valence-corrected chi connectivity index (χ2v) is 4.34. The van der Waals surface area contributed by atoms with Crippen LogP contribution in [0.2, 0.25) is 0 Å². The van der Waals surface area contributed by atoms with Crippen LogP contribution in [0.5, 0.6) is 0 Å². The SMILES string of the molecule is C=C(C)C(=O)OC(C)C([CH2-])C[CH-]C[CH-]CC[CH2-].[Fe+4]. The smallest absolute Gasteiger partial charge is 0.462 e. The molecule has 0 aliphatic carbocycles. The maximum Gasteiger partial charge on any atom is 4.00 e. The van der Waals surface area contributed by atoms with E-state index in [1.807, 2.05) is 6.92 Å². The van der Waals surface area contributed by atoms with Crippen molar-refractivity contribution in [3.63, 3.8) is 0 Å². The fourth-order valence-corrected chi connectivity index (χ4v) is 1.25. The van der Waals surface area contributed by atoms with Gasteiger partial charge in [0.1, 0.15) is 0 Å². The molecule has 0 aliphatic heterocycles. The molecule has 2 unspecified atom stereocenters. The normalized spacial score (nSPS) is 13.3. The van der Waals surface area contributed by atoms with E-state index >= 15 is 0 Å². The monoisotopic (exact) mass is 292 g/mol. The van der Waals surface area contributed by atoms with Gasteiger partial charge in [-0.15, -0.1) is 0 Å². The first-order chi connectivity index (χ1) is 7.99. The van der Waals surface area contributed by atoms with Gasteiger partial charge in [-0.1, -0.05) is 6.58 Å². The summed E-state index contributed by atoms with van der Waals surface area (Å²) in [4.78, 5) is 11.3. The summed E-state index contributed by atoms with van der Waals surface area (Å²) in [6.45, 7) is 14.8. The number of hydrogen-bond acceptors (Lipinski definition) is 2. The van der Waals surface area contributed by atoms with Crippen molar-refractivity contribution in [3.8, 4) is 0 Å². The Morgan fingerprint density at radius 3 is 2.56 bits per heavy atom. The summed E-state index contributed by atoms with van der Waals surface area (Å²) in [6.07, 6.45) is 7.97. The minimum absolute atomic E-state index is 0. The van der Waals surface area contributed by atoms with Crippen LogP contribution in [0.15, 0.2) is 12.2 Å². The Hall–Kier alpha value is -0.271. The second kappa shape index (κ2) is 11.8. The Bertz CT molecular complexity index is 239. The number of unbranched alkanes of at least 4 members (excludes halogenated alkanes) is 4. The van der Waals surface area contributed by atoms with E-state index in [4.69, 9.17) is 4.74 Å². The Morgan fingerprint density at radius 1 is 1.44 bits per heavy atom. The predicted octanol–water partition coefficient (Wildman–Crippen LogP) is 3.75. The molecule has 0 bridgehead atoms. The van der Waals surface area contributed by atoms with Crippen molar-refractivity contribution in [1.29, 1.82) is 0 Å². The third kappa shape index (κ3) is 9.73. The van der Waals surface area contributed by atoms with Gasteiger partial charge in [0.25, 0.3) is 0 Å². The summed E-state index contributed by atoms with van der Waals surface area (Å²) in [5.41, 5.74) is 0.428. The number of hydrogen-bond donors (Lipinski definition) is 0. The molecule has 18 heavy (non-hydrogen) atoms. The van der Waals surface area contributed by atoms with Crippen molar-refractivity contribution in [2.24, 2.45) is 5.92 Å². The molecule has 0 fully saturated rings. The van der Waals surface area contributed by atoms with Gasteiger partial charge in [0.05, 0.1) is 6.10 Å². The molecule has 0 saturated heterocycles. The van der Waals surface area contributed by atoms with Crippen LogP contribution in [-0.4, -0.2) is 12.1 Å². The topological polar surface area (TPSA) is 26.3 Å². The molecule has 0 aliphatic rings. The van der Waals surface area contributed by atoms with E-state index in [9.17, 15) is 4.79 Å². The molecule has 0 radical (unpaired) electrons. The predicted molar refractivity (Wildman–Crippen MR) is 71.6 cm³/mol. The minimum Gasteiger partial charge on any atom is -0.462 e. The first kappa shape index (κ1) is 20.1. The van der Waals surface area contributed by atoms with E-state index in [0.29, 0.717) is 5.57 Å². The Balaban J connectivity index is 0. The van der Waals surface area contributed by atoms with Crippen LogP contribution >= 0.6 is 0 Å². The molecule has 0 aromatic carbocycles. The van der Waals surface area contributed by atoms with Crippen LogP contribution in [0.25, 0.3) is 0 Å². The molecule has 0 rings (SSSR count). The third-order valence-corrected chi connectivity index (χ3v) is 2.52. The third-order valence-electron chi connectivity index (χ3n) is 2.52. The van der Waals surface area contributed by atoms with Crippen molar-refractivity contribution in [2.45, 2.75) is 45.6 Å². The Labute approximate surface area is 123 Å². The molecule has 2 nitrogen and oxygen atoms in total.